The minimum atomic E-state index is -7.84. The van der Waals surface area contributed by atoms with Gasteiger partial charge in [0.05, 0.1) is 0 Å². The first-order valence-electron chi connectivity index (χ1n) is 8.16. The van der Waals surface area contributed by atoms with Crippen LogP contribution in [0.5, 0.6) is 0 Å². The third-order valence-electron chi connectivity index (χ3n) is 4.14. The van der Waals surface area contributed by atoms with Crippen LogP contribution in [-0.2, 0) is 0 Å². The van der Waals surface area contributed by atoms with Gasteiger partial charge in [0, 0.05) is 9.84 Å². The monoisotopic (exact) mass is 572 g/mol. The summed E-state index contributed by atoms with van der Waals surface area (Å²) >= 11 is 1.20. The van der Waals surface area contributed by atoms with Gasteiger partial charge in [-0.25, -0.2) is 0 Å². The van der Waals surface area contributed by atoms with Crippen molar-refractivity contribution in [1.29, 1.82) is 0 Å². The highest BCUT2D eigenvalue weighted by molar-refractivity contribution is 14.1. The van der Waals surface area contributed by atoms with Crippen molar-refractivity contribution in [1.82, 2.24) is 0 Å². The zero-order chi connectivity index (χ0) is 23.7. The van der Waals surface area contributed by atoms with Crippen LogP contribution in [0.4, 0.5) is 57.1 Å². The van der Waals surface area contributed by atoms with E-state index >= 15 is 0 Å². The van der Waals surface area contributed by atoms with Gasteiger partial charge in [-0.15, -0.1) is 0 Å². The van der Waals surface area contributed by atoms with E-state index in [1.54, 1.807) is 6.92 Å². The first kappa shape index (κ1) is 28.8. The molecule has 1 unspecified atom stereocenters. The lowest BCUT2D eigenvalue weighted by atomic mass is 9.88. The van der Waals surface area contributed by atoms with Crippen molar-refractivity contribution in [3.05, 3.63) is 0 Å². The standard InChI is InChI=1S/C15H18F13I/c1-3-4-5-6-7-9(2,29)8-10(16,17)11(18,19)12(20,21)13(22,23)14(24,25)15(26,27)28/h3-8H2,1-2H3. The molecule has 0 aromatic carbocycles. The summed E-state index contributed by atoms with van der Waals surface area (Å²) in [7, 11) is 0. The molecule has 0 fully saturated rings. The Morgan fingerprint density at radius 3 is 1.38 bits per heavy atom. The van der Waals surface area contributed by atoms with E-state index in [2.05, 4.69) is 0 Å². The molecule has 0 saturated heterocycles. The van der Waals surface area contributed by atoms with E-state index < -0.39 is 45.6 Å². The van der Waals surface area contributed by atoms with Crippen LogP contribution in [0.25, 0.3) is 0 Å². The van der Waals surface area contributed by atoms with E-state index in [0.29, 0.717) is 19.3 Å². The molecule has 0 aromatic heterocycles. The van der Waals surface area contributed by atoms with Crippen molar-refractivity contribution < 1.29 is 57.1 Å². The van der Waals surface area contributed by atoms with Gasteiger partial charge in [-0.2, -0.15) is 57.1 Å². The molecule has 0 N–H and O–H groups in total. The van der Waals surface area contributed by atoms with E-state index in [4.69, 9.17) is 0 Å². The Hall–Kier alpha value is -0.180. The molecular weight excluding hydrogens is 554 g/mol. The van der Waals surface area contributed by atoms with Crippen LogP contribution in [0.15, 0.2) is 0 Å². The van der Waals surface area contributed by atoms with Crippen LogP contribution in [0, 0.1) is 0 Å². The van der Waals surface area contributed by atoms with Gasteiger partial charge in [-0.1, -0.05) is 62.1 Å². The second-order valence-corrected chi connectivity index (χ2v) is 9.50. The molecule has 0 radical (unpaired) electrons. The molecule has 0 saturated carbocycles. The Morgan fingerprint density at radius 1 is 0.586 bits per heavy atom. The van der Waals surface area contributed by atoms with Crippen molar-refractivity contribution in [3.63, 3.8) is 0 Å². The van der Waals surface area contributed by atoms with Gasteiger partial charge in [0.15, 0.2) is 0 Å². The second-order valence-electron chi connectivity index (χ2n) is 6.90. The van der Waals surface area contributed by atoms with Crippen molar-refractivity contribution in [2.45, 2.75) is 91.6 Å². The maximum Gasteiger partial charge on any atom is 0.460 e. The molecule has 0 heterocycles. The lowest BCUT2D eigenvalue weighted by Gasteiger charge is -2.41. The van der Waals surface area contributed by atoms with E-state index in [0.717, 1.165) is 6.92 Å². The lowest BCUT2D eigenvalue weighted by molar-refractivity contribution is -0.440. The average molecular weight is 572 g/mol. The SMILES string of the molecule is CCCCCCC(C)(I)CC(F)(F)C(F)(F)C(F)(F)C(F)(F)C(F)(F)C(F)(F)F. The quantitative estimate of drug-likeness (QED) is 0.101. The number of hydrogen-bond donors (Lipinski definition) is 0. The van der Waals surface area contributed by atoms with Crippen LogP contribution in [-0.4, -0.2) is 39.2 Å². The van der Waals surface area contributed by atoms with E-state index in [1.165, 1.54) is 22.6 Å². The van der Waals surface area contributed by atoms with Gasteiger partial charge in [0.1, 0.15) is 0 Å². The van der Waals surface area contributed by atoms with Gasteiger partial charge in [-0.05, 0) is 6.42 Å². The van der Waals surface area contributed by atoms with Crippen LogP contribution >= 0.6 is 22.6 Å². The summed E-state index contributed by atoms with van der Waals surface area (Å²) in [6, 6.07) is 0. The Morgan fingerprint density at radius 2 is 1.00 bits per heavy atom. The lowest BCUT2D eigenvalue weighted by Crippen LogP contribution is -2.70. The Balaban J connectivity index is 5.87. The molecule has 1 atom stereocenters. The summed E-state index contributed by atoms with van der Waals surface area (Å²) in [4.78, 5) is 0. The smallest absolute Gasteiger partial charge is 0.200 e. The molecule has 0 nitrogen and oxygen atoms in total. The number of halogens is 14. The number of unbranched alkanes of at least 4 members (excludes halogenated alkanes) is 3. The fourth-order valence-corrected chi connectivity index (χ4v) is 3.25. The van der Waals surface area contributed by atoms with E-state index in [-0.39, 0.29) is 12.8 Å². The molecule has 0 aliphatic rings. The van der Waals surface area contributed by atoms with E-state index in [1.807, 2.05) is 0 Å². The first-order valence-corrected chi connectivity index (χ1v) is 9.24. The second kappa shape index (κ2) is 8.75. The summed E-state index contributed by atoms with van der Waals surface area (Å²) in [6.45, 7) is 2.71. The number of rotatable bonds is 11. The molecule has 0 aliphatic heterocycles. The molecular formula is C15H18F13I. The highest BCUT2D eigenvalue weighted by Crippen LogP contribution is 2.61. The van der Waals surface area contributed by atoms with Crippen molar-refractivity contribution in [2.24, 2.45) is 0 Å². The predicted octanol–water partition coefficient (Wildman–Crippen LogP) is 8.28. The molecule has 0 amide bonds. The zero-order valence-electron chi connectivity index (χ0n) is 15.0. The summed E-state index contributed by atoms with van der Waals surface area (Å²) < 4.78 is 168. The summed E-state index contributed by atoms with van der Waals surface area (Å²) in [5.74, 6) is -36.4. The van der Waals surface area contributed by atoms with Crippen LogP contribution in [0.2, 0.25) is 0 Å². The van der Waals surface area contributed by atoms with Gasteiger partial charge < -0.3 is 0 Å². The summed E-state index contributed by atoms with van der Waals surface area (Å²) in [5, 5.41) is 0. The van der Waals surface area contributed by atoms with Crippen LogP contribution in [0.1, 0.15) is 52.4 Å². The molecule has 0 rings (SSSR count). The molecule has 14 heteroatoms. The molecule has 0 aromatic rings. The molecule has 176 valence electrons. The highest BCUT2D eigenvalue weighted by Gasteiger charge is 2.90. The third-order valence-corrected chi connectivity index (χ3v) is 5.06. The first-order chi connectivity index (χ1) is 12.5. The minimum absolute atomic E-state index is 0.188. The number of alkyl halides is 14. The fourth-order valence-electron chi connectivity index (χ4n) is 2.38. The maximum absolute atomic E-state index is 13.9. The van der Waals surface area contributed by atoms with E-state index in [9.17, 15) is 57.1 Å². The van der Waals surface area contributed by atoms with Gasteiger partial charge >= 0.3 is 35.8 Å². The topological polar surface area (TPSA) is 0 Å². The summed E-state index contributed by atoms with van der Waals surface area (Å²) in [5.41, 5.74) is 0. The fraction of sp³-hybridized carbons (Fsp3) is 1.00. The van der Waals surface area contributed by atoms with Crippen molar-refractivity contribution in [3.8, 4) is 0 Å². The van der Waals surface area contributed by atoms with Gasteiger partial charge in [-0.3, -0.25) is 0 Å². The Kier molecular flexibility index (Phi) is 8.70. The highest BCUT2D eigenvalue weighted by atomic mass is 127. The van der Waals surface area contributed by atoms with Crippen LogP contribution in [0.3, 0.4) is 0 Å². The average Bonchev–Trinajstić information content (AvgIpc) is 2.48. The molecule has 0 aliphatic carbocycles. The summed E-state index contributed by atoms with van der Waals surface area (Å²) in [6.07, 6.45) is -7.78. The minimum Gasteiger partial charge on any atom is -0.200 e. The largest absolute Gasteiger partial charge is 0.460 e. The molecule has 0 spiro atoms. The molecule has 29 heavy (non-hydrogen) atoms. The normalized spacial score (nSPS) is 17.4. The Bertz CT molecular complexity index is 537. The van der Waals surface area contributed by atoms with Gasteiger partial charge in [0.2, 0.25) is 0 Å². The van der Waals surface area contributed by atoms with Crippen molar-refractivity contribution in [2.75, 3.05) is 0 Å². The molecule has 0 bridgehead atoms. The predicted molar refractivity (Wildman–Crippen MR) is 86.6 cm³/mol. The Labute approximate surface area is 171 Å². The third kappa shape index (κ3) is 5.55. The number of hydrogen-bond acceptors (Lipinski definition) is 0. The zero-order valence-corrected chi connectivity index (χ0v) is 17.2. The van der Waals surface area contributed by atoms with Crippen molar-refractivity contribution >= 4 is 22.6 Å². The van der Waals surface area contributed by atoms with Crippen LogP contribution < -0.4 is 0 Å². The maximum atomic E-state index is 13.9. The van der Waals surface area contributed by atoms with Gasteiger partial charge in [0.25, 0.3) is 0 Å².